The van der Waals surface area contributed by atoms with Gasteiger partial charge in [0.2, 0.25) is 0 Å². The average Bonchev–Trinajstić information content (AvgIpc) is 2.41. The Bertz CT molecular complexity index is 604. The van der Waals surface area contributed by atoms with Crippen LogP contribution in [0.1, 0.15) is 12.5 Å². The Balaban J connectivity index is 2.15. The zero-order valence-electron chi connectivity index (χ0n) is 10.9. The molecule has 0 aliphatic heterocycles. The molecule has 0 aromatic heterocycles. The number of hydrogen-bond donors (Lipinski definition) is 1. The average molecular weight is 375 g/mol. The zero-order chi connectivity index (χ0) is 14.5. The summed E-state index contributed by atoms with van der Waals surface area (Å²) in [6.07, 6.45) is 0. The third-order valence-corrected chi connectivity index (χ3v) is 3.85. The minimum absolute atomic E-state index is 0.548. The molecule has 0 radical (unpaired) electrons. The van der Waals surface area contributed by atoms with E-state index in [4.69, 9.17) is 27.9 Å². The number of halogens is 3. The van der Waals surface area contributed by atoms with Crippen LogP contribution >= 0.6 is 39.1 Å². The summed E-state index contributed by atoms with van der Waals surface area (Å²) in [6.45, 7) is 3.71. The minimum atomic E-state index is 0.548. The molecule has 20 heavy (non-hydrogen) atoms. The maximum atomic E-state index is 6.24. The maximum absolute atomic E-state index is 6.24. The molecule has 2 aromatic carbocycles. The van der Waals surface area contributed by atoms with Crippen LogP contribution in [0, 0.1) is 0 Å². The molecule has 0 aliphatic rings. The van der Waals surface area contributed by atoms with Gasteiger partial charge in [-0.25, -0.2) is 0 Å². The van der Waals surface area contributed by atoms with Crippen LogP contribution in [0.2, 0.25) is 10.0 Å². The highest BCUT2D eigenvalue weighted by atomic mass is 79.9. The highest BCUT2D eigenvalue weighted by Crippen LogP contribution is 2.33. The summed E-state index contributed by atoms with van der Waals surface area (Å²) in [6, 6.07) is 11.1. The Labute approximate surface area is 137 Å². The molecule has 0 amide bonds. The summed E-state index contributed by atoms with van der Waals surface area (Å²) in [7, 11) is 0. The topological polar surface area (TPSA) is 21.3 Å². The molecule has 2 rings (SSSR count). The Hall–Kier alpha value is -0.740. The van der Waals surface area contributed by atoms with Gasteiger partial charge in [-0.05, 0) is 42.4 Å². The van der Waals surface area contributed by atoms with E-state index in [9.17, 15) is 0 Å². The number of hydrogen-bond acceptors (Lipinski definition) is 2. The molecular formula is C15H14BrCl2NO. The smallest absolute Gasteiger partial charge is 0.146 e. The van der Waals surface area contributed by atoms with Gasteiger partial charge in [0, 0.05) is 16.0 Å². The van der Waals surface area contributed by atoms with Gasteiger partial charge < -0.3 is 10.1 Å². The van der Waals surface area contributed by atoms with Crippen molar-refractivity contribution in [3.63, 3.8) is 0 Å². The normalized spacial score (nSPS) is 10.6. The molecule has 106 valence electrons. The first kappa shape index (κ1) is 15.6. The molecule has 5 heteroatoms. The van der Waals surface area contributed by atoms with Gasteiger partial charge in [0.1, 0.15) is 11.5 Å². The monoisotopic (exact) mass is 373 g/mol. The number of benzene rings is 2. The summed E-state index contributed by atoms with van der Waals surface area (Å²) in [4.78, 5) is 0. The van der Waals surface area contributed by atoms with Crippen molar-refractivity contribution < 1.29 is 4.74 Å². The van der Waals surface area contributed by atoms with Crippen LogP contribution in [-0.4, -0.2) is 6.54 Å². The first-order valence-electron chi connectivity index (χ1n) is 6.22. The predicted molar refractivity (Wildman–Crippen MR) is 88.1 cm³/mol. The maximum Gasteiger partial charge on any atom is 0.146 e. The second-order valence-electron chi connectivity index (χ2n) is 4.21. The van der Waals surface area contributed by atoms with E-state index in [0.717, 1.165) is 23.1 Å². The van der Waals surface area contributed by atoms with Gasteiger partial charge in [0.25, 0.3) is 0 Å². The van der Waals surface area contributed by atoms with E-state index in [0.29, 0.717) is 21.5 Å². The van der Waals surface area contributed by atoms with Gasteiger partial charge in [-0.1, -0.05) is 52.1 Å². The summed E-state index contributed by atoms with van der Waals surface area (Å²) >= 11 is 15.7. The fraction of sp³-hybridized carbons (Fsp3) is 0.200. The predicted octanol–water partition coefficient (Wildman–Crippen LogP) is 5.66. The molecule has 0 spiro atoms. The fourth-order valence-corrected chi connectivity index (χ4v) is 2.63. The highest BCUT2D eigenvalue weighted by molar-refractivity contribution is 9.10. The van der Waals surface area contributed by atoms with Crippen molar-refractivity contribution in [1.29, 1.82) is 0 Å². The van der Waals surface area contributed by atoms with E-state index >= 15 is 0 Å². The number of rotatable bonds is 5. The molecule has 0 unspecified atom stereocenters. The second kappa shape index (κ2) is 7.32. The van der Waals surface area contributed by atoms with E-state index in [1.165, 1.54) is 0 Å². The van der Waals surface area contributed by atoms with Crippen molar-refractivity contribution in [3.05, 3.63) is 56.5 Å². The third-order valence-electron chi connectivity index (χ3n) is 2.71. The lowest BCUT2D eigenvalue weighted by atomic mass is 10.2. The molecule has 2 aromatic rings. The number of ether oxygens (including phenoxy) is 1. The van der Waals surface area contributed by atoms with Crippen molar-refractivity contribution >= 4 is 39.1 Å². The lowest BCUT2D eigenvalue weighted by Gasteiger charge is -2.10. The molecule has 0 atom stereocenters. The lowest BCUT2D eigenvalue weighted by Crippen LogP contribution is -2.11. The minimum Gasteiger partial charge on any atom is -0.456 e. The summed E-state index contributed by atoms with van der Waals surface area (Å²) in [5.74, 6) is 1.27. The Morgan fingerprint density at radius 3 is 2.55 bits per heavy atom. The molecular weight excluding hydrogens is 361 g/mol. The Morgan fingerprint density at radius 1 is 1.10 bits per heavy atom. The van der Waals surface area contributed by atoms with Gasteiger partial charge in [0.05, 0.1) is 5.02 Å². The van der Waals surface area contributed by atoms with Crippen LogP contribution < -0.4 is 10.1 Å². The van der Waals surface area contributed by atoms with Crippen LogP contribution in [0.3, 0.4) is 0 Å². The lowest BCUT2D eigenvalue weighted by molar-refractivity contribution is 0.482. The van der Waals surface area contributed by atoms with Crippen molar-refractivity contribution in [2.24, 2.45) is 0 Å². The standard InChI is InChI=1S/C15H14BrCl2NO/c1-2-19-9-10-3-5-12(8-13(10)17)20-15-6-4-11(16)7-14(15)18/h3-8,19H,2,9H2,1H3. The van der Waals surface area contributed by atoms with Crippen molar-refractivity contribution in [3.8, 4) is 11.5 Å². The van der Waals surface area contributed by atoms with Crippen LogP contribution in [0.5, 0.6) is 11.5 Å². The van der Waals surface area contributed by atoms with Gasteiger partial charge in [-0.3, -0.25) is 0 Å². The quantitative estimate of drug-likeness (QED) is 0.729. The third kappa shape index (κ3) is 4.13. The van der Waals surface area contributed by atoms with Gasteiger partial charge >= 0.3 is 0 Å². The van der Waals surface area contributed by atoms with Crippen LogP contribution in [0.25, 0.3) is 0 Å². The Kier molecular flexibility index (Phi) is 5.73. The van der Waals surface area contributed by atoms with E-state index in [1.807, 2.05) is 24.3 Å². The first-order chi connectivity index (χ1) is 9.60. The van der Waals surface area contributed by atoms with Gasteiger partial charge in [0.15, 0.2) is 0 Å². The summed E-state index contributed by atoms with van der Waals surface area (Å²) in [5, 5.41) is 4.46. The number of nitrogens with one attached hydrogen (secondary N) is 1. The SMILES string of the molecule is CCNCc1ccc(Oc2ccc(Br)cc2Cl)cc1Cl. The molecule has 0 saturated heterocycles. The fourth-order valence-electron chi connectivity index (χ4n) is 1.68. The van der Waals surface area contributed by atoms with Crippen LogP contribution in [0.15, 0.2) is 40.9 Å². The molecule has 0 saturated carbocycles. The Morgan fingerprint density at radius 2 is 1.90 bits per heavy atom. The summed E-state index contributed by atoms with van der Waals surface area (Å²) < 4.78 is 6.66. The van der Waals surface area contributed by atoms with E-state index in [2.05, 4.69) is 28.2 Å². The second-order valence-corrected chi connectivity index (χ2v) is 5.94. The van der Waals surface area contributed by atoms with Crippen molar-refractivity contribution in [2.75, 3.05) is 6.54 Å². The van der Waals surface area contributed by atoms with E-state index in [1.54, 1.807) is 12.1 Å². The van der Waals surface area contributed by atoms with Crippen LogP contribution in [-0.2, 0) is 6.54 Å². The van der Waals surface area contributed by atoms with E-state index < -0.39 is 0 Å². The van der Waals surface area contributed by atoms with Crippen molar-refractivity contribution in [2.45, 2.75) is 13.5 Å². The van der Waals surface area contributed by atoms with Gasteiger partial charge in [-0.2, -0.15) is 0 Å². The highest BCUT2D eigenvalue weighted by Gasteiger charge is 2.06. The molecule has 2 nitrogen and oxygen atoms in total. The van der Waals surface area contributed by atoms with Crippen LogP contribution in [0.4, 0.5) is 0 Å². The molecule has 0 bridgehead atoms. The molecule has 0 heterocycles. The molecule has 0 fully saturated rings. The largest absolute Gasteiger partial charge is 0.456 e. The van der Waals surface area contributed by atoms with E-state index in [-0.39, 0.29) is 0 Å². The molecule has 1 N–H and O–H groups in total. The van der Waals surface area contributed by atoms with Crippen molar-refractivity contribution in [1.82, 2.24) is 5.32 Å². The zero-order valence-corrected chi connectivity index (χ0v) is 14.0. The summed E-state index contributed by atoms with van der Waals surface area (Å²) in [5.41, 5.74) is 1.04. The molecule has 0 aliphatic carbocycles. The first-order valence-corrected chi connectivity index (χ1v) is 7.77. The van der Waals surface area contributed by atoms with Gasteiger partial charge in [-0.15, -0.1) is 0 Å².